The molecule has 1 N–H and O–H groups in total. The number of nitrogens with zero attached hydrogens (tertiary/aromatic N) is 4. The van der Waals surface area contributed by atoms with Crippen molar-refractivity contribution in [2.24, 2.45) is 7.05 Å². The number of thiazole rings is 1. The van der Waals surface area contributed by atoms with E-state index in [2.05, 4.69) is 20.5 Å². The minimum atomic E-state index is -0.444. The fourth-order valence-electron chi connectivity index (χ4n) is 2.56. The van der Waals surface area contributed by atoms with E-state index in [1.54, 1.807) is 38.6 Å². The number of methoxy groups -OCH3 is 1. The molecule has 12 heteroatoms. The number of thioether (sulfide) groups is 1. The number of amides is 1. The zero-order chi connectivity index (χ0) is 23.1. The average molecular weight is 478 g/mol. The van der Waals surface area contributed by atoms with Crippen LogP contribution in [0.15, 0.2) is 29.4 Å². The molecule has 0 saturated carbocycles. The Kier molecular flexibility index (Phi) is 8.06. The number of carbonyl (C=O) groups excluding carboxylic acids is 2. The van der Waals surface area contributed by atoms with Crippen molar-refractivity contribution < 1.29 is 23.8 Å². The van der Waals surface area contributed by atoms with Gasteiger partial charge >= 0.3 is 5.97 Å². The van der Waals surface area contributed by atoms with Crippen LogP contribution in [0.3, 0.4) is 0 Å². The second kappa shape index (κ2) is 11.0. The van der Waals surface area contributed by atoms with E-state index in [4.69, 9.17) is 14.2 Å². The van der Waals surface area contributed by atoms with E-state index in [9.17, 15) is 9.59 Å². The Morgan fingerprint density at radius 2 is 2.03 bits per heavy atom. The maximum absolute atomic E-state index is 12.3. The minimum absolute atomic E-state index is 0.107. The summed E-state index contributed by atoms with van der Waals surface area (Å²) in [5.41, 5.74) is 0.519. The number of esters is 1. The van der Waals surface area contributed by atoms with Crippen LogP contribution in [0.4, 0.5) is 5.13 Å². The van der Waals surface area contributed by atoms with E-state index in [-0.39, 0.29) is 24.9 Å². The highest BCUT2D eigenvalue weighted by atomic mass is 32.2. The number of aryl methyl sites for hydroxylation is 1. The molecule has 0 atom stereocenters. The second-order valence-electron chi connectivity index (χ2n) is 6.42. The Morgan fingerprint density at radius 3 is 2.78 bits per heavy atom. The zero-order valence-corrected chi connectivity index (χ0v) is 19.7. The molecule has 0 fully saturated rings. The zero-order valence-electron chi connectivity index (χ0n) is 18.1. The van der Waals surface area contributed by atoms with E-state index >= 15 is 0 Å². The standard InChI is InChI=1S/C20H23N5O5S2/c1-5-29-18(27)17-12(2)21-19(32-17)22-16(26)11-31-20-24-23-15(25(20)3)10-30-14-8-6-7-13(9-14)28-4/h6-9H,5,10-11H2,1-4H3,(H,21,22,26). The predicted molar refractivity (Wildman–Crippen MR) is 120 cm³/mol. The molecule has 10 nitrogen and oxygen atoms in total. The van der Waals surface area contributed by atoms with Crippen molar-refractivity contribution in [2.45, 2.75) is 25.6 Å². The first-order valence-electron chi connectivity index (χ1n) is 9.63. The largest absolute Gasteiger partial charge is 0.497 e. The summed E-state index contributed by atoms with van der Waals surface area (Å²) < 4.78 is 17.7. The topological polar surface area (TPSA) is 117 Å². The van der Waals surface area contributed by atoms with Gasteiger partial charge in [0.05, 0.1) is 25.2 Å². The Balaban J connectivity index is 1.52. The molecule has 3 aromatic rings. The lowest BCUT2D eigenvalue weighted by molar-refractivity contribution is -0.113. The number of hydrogen-bond acceptors (Lipinski definition) is 10. The Labute approximate surface area is 193 Å². The normalized spacial score (nSPS) is 10.6. The summed E-state index contributed by atoms with van der Waals surface area (Å²) >= 11 is 2.32. The van der Waals surface area contributed by atoms with Gasteiger partial charge in [-0.25, -0.2) is 9.78 Å². The van der Waals surface area contributed by atoms with Gasteiger partial charge in [0, 0.05) is 13.1 Å². The number of carbonyl (C=O) groups is 2. The molecule has 170 valence electrons. The highest BCUT2D eigenvalue weighted by Crippen LogP contribution is 2.24. The van der Waals surface area contributed by atoms with Gasteiger partial charge in [-0.3, -0.25) is 4.79 Å². The summed E-state index contributed by atoms with van der Waals surface area (Å²) in [5.74, 6) is 1.37. The van der Waals surface area contributed by atoms with Crippen LogP contribution in [0, 0.1) is 6.92 Å². The van der Waals surface area contributed by atoms with E-state index in [0.717, 1.165) is 11.3 Å². The lowest BCUT2D eigenvalue weighted by Gasteiger charge is -2.08. The van der Waals surface area contributed by atoms with Crippen molar-refractivity contribution in [3.05, 3.63) is 40.7 Å². The molecule has 0 radical (unpaired) electrons. The molecular formula is C20H23N5O5S2. The van der Waals surface area contributed by atoms with Crippen LogP contribution >= 0.6 is 23.1 Å². The molecule has 0 saturated heterocycles. The number of hydrogen-bond donors (Lipinski definition) is 1. The molecule has 2 aromatic heterocycles. The van der Waals surface area contributed by atoms with Gasteiger partial charge in [0.1, 0.15) is 23.0 Å². The predicted octanol–water partition coefficient (Wildman–Crippen LogP) is 3.08. The molecule has 0 aliphatic heterocycles. The van der Waals surface area contributed by atoms with Crippen LogP contribution in [0.5, 0.6) is 11.5 Å². The molecule has 0 aliphatic carbocycles. The van der Waals surface area contributed by atoms with Crippen LogP contribution in [-0.4, -0.2) is 51.1 Å². The van der Waals surface area contributed by atoms with E-state index in [1.165, 1.54) is 11.8 Å². The fourth-order valence-corrected chi connectivity index (χ4v) is 4.16. The summed E-state index contributed by atoms with van der Waals surface area (Å²) in [6.07, 6.45) is 0. The molecule has 1 amide bonds. The first-order valence-corrected chi connectivity index (χ1v) is 11.4. The number of anilines is 1. The SMILES string of the molecule is CCOC(=O)c1sc(NC(=O)CSc2nnc(COc3cccc(OC)c3)n2C)nc1C. The second-order valence-corrected chi connectivity index (χ2v) is 8.36. The minimum Gasteiger partial charge on any atom is -0.497 e. The monoisotopic (exact) mass is 477 g/mol. The summed E-state index contributed by atoms with van der Waals surface area (Å²) in [7, 11) is 3.40. The third-order valence-corrected chi connectivity index (χ3v) is 6.24. The highest BCUT2D eigenvalue weighted by molar-refractivity contribution is 7.99. The third kappa shape index (κ3) is 5.98. The molecule has 32 heavy (non-hydrogen) atoms. The van der Waals surface area contributed by atoms with Crippen LogP contribution in [0.25, 0.3) is 0 Å². The molecule has 0 spiro atoms. The molecule has 3 rings (SSSR count). The number of ether oxygens (including phenoxy) is 3. The van der Waals surface area contributed by atoms with Gasteiger partial charge < -0.3 is 24.1 Å². The van der Waals surface area contributed by atoms with Gasteiger partial charge in [-0.15, -0.1) is 10.2 Å². The quantitative estimate of drug-likeness (QED) is 0.347. The number of benzene rings is 1. The van der Waals surface area contributed by atoms with Crippen LogP contribution in [0.1, 0.15) is 28.1 Å². The van der Waals surface area contributed by atoms with Crippen molar-refractivity contribution >= 4 is 40.1 Å². The molecule has 0 unspecified atom stereocenters. The summed E-state index contributed by atoms with van der Waals surface area (Å²) in [6, 6.07) is 7.28. The lowest BCUT2D eigenvalue weighted by atomic mass is 10.3. The lowest BCUT2D eigenvalue weighted by Crippen LogP contribution is -2.14. The van der Waals surface area contributed by atoms with Crippen molar-refractivity contribution in [3.8, 4) is 11.5 Å². The van der Waals surface area contributed by atoms with Gasteiger partial charge in [0.15, 0.2) is 16.1 Å². The molecular weight excluding hydrogens is 454 g/mol. The van der Waals surface area contributed by atoms with Crippen molar-refractivity contribution in [1.82, 2.24) is 19.7 Å². The first-order chi connectivity index (χ1) is 15.4. The van der Waals surface area contributed by atoms with E-state index in [1.807, 2.05) is 18.2 Å². The van der Waals surface area contributed by atoms with Gasteiger partial charge in [-0.2, -0.15) is 0 Å². The third-order valence-electron chi connectivity index (χ3n) is 4.17. The highest BCUT2D eigenvalue weighted by Gasteiger charge is 2.18. The fraction of sp³-hybridized carbons (Fsp3) is 0.350. The average Bonchev–Trinajstić information content (AvgIpc) is 3.32. The molecule has 0 bridgehead atoms. The van der Waals surface area contributed by atoms with Crippen molar-refractivity contribution in [2.75, 3.05) is 24.8 Å². The molecule has 0 aliphatic rings. The van der Waals surface area contributed by atoms with Crippen molar-refractivity contribution in [1.29, 1.82) is 0 Å². The van der Waals surface area contributed by atoms with E-state index in [0.29, 0.717) is 38.2 Å². The van der Waals surface area contributed by atoms with Gasteiger partial charge in [0.2, 0.25) is 5.91 Å². The van der Waals surface area contributed by atoms with E-state index < -0.39 is 5.97 Å². The number of aromatic nitrogens is 4. The number of nitrogens with one attached hydrogen (secondary N) is 1. The summed E-state index contributed by atoms with van der Waals surface area (Å²) in [5, 5.41) is 11.9. The summed E-state index contributed by atoms with van der Waals surface area (Å²) in [4.78, 5) is 28.8. The van der Waals surface area contributed by atoms with Gasteiger partial charge in [-0.1, -0.05) is 29.2 Å². The Bertz CT molecular complexity index is 1100. The van der Waals surface area contributed by atoms with Crippen molar-refractivity contribution in [3.63, 3.8) is 0 Å². The summed E-state index contributed by atoms with van der Waals surface area (Å²) in [6.45, 7) is 3.93. The van der Waals surface area contributed by atoms with Crippen LogP contribution in [-0.2, 0) is 23.2 Å². The smallest absolute Gasteiger partial charge is 0.350 e. The van der Waals surface area contributed by atoms with Crippen LogP contribution in [0.2, 0.25) is 0 Å². The van der Waals surface area contributed by atoms with Gasteiger partial charge in [-0.05, 0) is 26.0 Å². The maximum atomic E-state index is 12.3. The Hall–Kier alpha value is -3.12. The maximum Gasteiger partial charge on any atom is 0.350 e. The van der Waals surface area contributed by atoms with Crippen LogP contribution < -0.4 is 14.8 Å². The van der Waals surface area contributed by atoms with Gasteiger partial charge in [0.25, 0.3) is 0 Å². The number of rotatable bonds is 10. The molecule has 1 aromatic carbocycles. The first kappa shape index (κ1) is 23.5. The molecule has 2 heterocycles. The Morgan fingerprint density at radius 1 is 1.25 bits per heavy atom.